The van der Waals surface area contributed by atoms with E-state index in [4.69, 9.17) is 31.4 Å². The monoisotopic (exact) mass is 724 g/mol. The largest absolute Gasteiger partial charge is 0.465 e. The summed E-state index contributed by atoms with van der Waals surface area (Å²) in [4.78, 5) is 59.4. The Labute approximate surface area is 288 Å². The van der Waals surface area contributed by atoms with Crippen LogP contribution in [-0.4, -0.2) is 160 Å². The van der Waals surface area contributed by atoms with Gasteiger partial charge in [0.15, 0.2) is 6.29 Å². The normalized spacial score (nSPS) is 30.9. The van der Waals surface area contributed by atoms with Crippen LogP contribution in [0.5, 0.6) is 0 Å². The number of hydrogen-bond acceptors (Lipinski definition) is 17. The van der Waals surface area contributed by atoms with Gasteiger partial charge >= 0.3 is 5.97 Å². The first-order valence-corrected chi connectivity index (χ1v) is 17.0. The summed E-state index contributed by atoms with van der Waals surface area (Å²) in [6.45, 7) is 3.89. The Morgan fingerprint density at radius 2 is 1.59 bits per heavy atom. The summed E-state index contributed by atoms with van der Waals surface area (Å²) < 4.78 is 16.4. The van der Waals surface area contributed by atoms with Crippen molar-refractivity contribution in [2.24, 2.45) is 22.6 Å². The molecule has 20 heteroatoms. The molecule has 14 N–H and O–H groups in total. The lowest BCUT2D eigenvalue weighted by molar-refractivity contribution is -0.288. The van der Waals surface area contributed by atoms with Crippen LogP contribution in [0, 0.1) is 5.41 Å². The maximum atomic E-state index is 12.4. The molecule has 3 amide bonds. The first-order chi connectivity index (χ1) is 22.8. The molecule has 1 saturated carbocycles. The van der Waals surface area contributed by atoms with Gasteiger partial charge in [-0.2, -0.15) is 11.8 Å². The van der Waals surface area contributed by atoms with Crippen molar-refractivity contribution in [3.05, 3.63) is 0 Å². The Morgan fingerprint density at radius 1 is 0.918 bits per heavy atom. The average molecular weight is 725 g/mol. The van der Waals surface area contributed by atoms with E-state index in [0.717, 1.165) is 0 Å². The second kappa shape index (κ2) is 19.8. The first kappa shape index (κ1) is 42.7. The third-order valence-corrected chi connectivity index (χ3v) is 9.03. The number of thioether (sulfide) groups is 1. The minimum atomic E-state index is -1.54. The third-order valence-electron chi connectivity index (χ3n) is 8.07. The number of ketones is 1. The molecular weight excluding hydrogens is 672 g/mol. The van der Waals surface area contributed by atoms with E-state index in [0.29, 0.717) is 5.75 Å². The fraction of sp³-hybridized carbons (Fsp3) is 0.828. The summed E-state index contributed by atoms with van der Waals surface area (Å²) in [7, 11) is 0. The molecule has 0 radical (unpaired) electrons. The summed E-state index contributed by atoms with van der Waals surface area (Å²) in [6, 6.07) is -2.75. The Hall–Kier alpha value is -2.50. The summed E-state index contributed by atoms with van der Waals surface area (Å²) in [5, 5.41) is 59.4. The van der Waals surface area contributed by atoms with Gasteiger partial charge in [0.05, 0.1) is 24.5 Å². The zero-order valence-electron chi connectivity index (χ0n) is 27.9. The maximum absolute atomic E-state index is 12.4. The molecule has 1 aliphatic carbocycles. The van der Waals surface area contributed by atoms with Gasteiger partial charge < -0.3 is 72.9 Å². The molecule has 0 bridgehead atoms. The molecule has 1 heterocycles. The van der Waals surface area contributed by atoms with Crippen molar-refractivity contribution in [3.8, 4) is 0 Å². The van der Waals surface area contributed by atoms with E-state index >= 15 is 0 Å². The molecule has 282 valence electrons. The van der Waals surface area contributed by atoms with Gasteiger partial charge in [0, 0.05) is 49.3 Å². The highest BCUT2D eigenvalue weighted by atomic mass is 32.2. The van der Waals surface area contributed by atoms with Crippen LogP contribution in [0.15, 0.2) is 0 Å². The predicted molar refractivity (Wildman–Crippen MR) is 173 cm³/mol. The topological polar surface area (TPSA) is 328 Å². The van der Waals surface area contributed by atoms with Crippen LogP contribution in [0.2, 0.25) is 0 Å². The van der Waals surface area contributed by atoms with Crippen molar-refractivity contribution < 1.29 is 63.7 Å². The number of rotatable bonds is 18. The van der Waals surface area contributed by atoms with E-state index in [1.807, 2.05) is 0 Å². The van der Waals surface area contributed by atoms with Gasteiger partial charge in [0.2, 0.25) is 17.7 Å². The van der Waals surface area contributed by atoms with E-state index in [-0.39, 0.29) is 56.5 Å². The minimum absolute atomic E-state index is 0.00423. The number of esters is 1. The van der Waals surface area contributed by atoms with Gasteiger partial charge in [-0.1, -0.05) is 13.8 Å². The van der Waals surface area contributed by atoms with Gasteiger partial charge in [-0.05, 0) is 13.3 Å². The lowest BCUT2D eigenvalue weighted by Crippen LogP contribution is -2.67. The number of carbonyl (C=O) groups excluding carboxylic acids is 5. The van der Waals surface area contributed by atoms with Crippen molar-refractivity contribution in [2.75, 3.05) is 37.7 Å². The Kier molecular flexibility index (Phi) is 17.2. The molecule has 1 saturated heterocycles. The minimum Gasteiger partial charge on any atom is -0.465 e. The number of amides is 3. The van der Waals surface area contributed by atoms with Gasteiger partial charge in [0.25, 0.3) is 0 Å². The number of carbonyl (C=O) groups is 5. The van der Waals surface area contributed by atoms with E-state index in [1.54, 1.807) is 0 Å². The highest BCUT2D eigenvalue weighted by Gasteiger charge is 2.48. The average Bonchev–Trinajstić information content (AvgIpc) is 3.03. The molecule has 0 aromatic heterocycles. The van der Waals surface area contributed by atoms with Crippen LogP contribution in [0.25, 0.3) is 0 Å². The predicted octanol–water partition coefficient (Wildman–Crippen LogP) is -5.69. The number of ether oxygens (including phenoxy) is 3. The third kappa shape index (κ3) is 13.3. The zero-order valence-corrected chi connectivity index (χ0v) is 28.7. The number of aliphatic hydroxyl groups excluding tert-OH is 5. The second-order valence-corrected chi connectivity index (χ2v) is 14.0. The van der Waals surface area contributed by atoms with Crippen molar-refractivity contribution in [2.45, 2.75) is 107 Å². The van der Waals surface area contributed by atoms with Crippen molar-refractivity contribution in [1.29, 1.82) is 0 Å². The van der Waals surface area contributed by atoms with Crippen LogP contribution >= 0.6 is 11.8 Å². The van der Waals surface area contributed by atoms with Crippen LogP contribution < -0.4 is 33.2 Å². The Bertz CT molecular complexity index is 1140. The Balaban J connectivity index is 1.65. The van der Waals surface area contributed by atoms with E-state index in [2.05, 4.69) is 16.0 Å². The summed E-state index contributed by atoms with van der Waals surface area (Å²) in [5.74, 6) is -2.34. The van der Waals surface area contributed by atoms with Crippen LogP contribution in [0.4, 0.5) is 0 Å². The zero-order chi connectivity index (χ0) is 37.1. The number of nitrogens with two attached hydrogens (primary N) is 3. The highest BCUT2D eigenvalue weighted by molar-refractivity contribution is 7.99. The van der Waals surface area contributed by atoms with Gasteiger partial charge in [-0.15, -0.1) is 0 Å². The van der Waals surface area contributed by atoms with E-state index in [9.17, 15) is 49.5 Å². The van der Waals surface area contributed by atoms with Crippen molar-refractivity contribution in [1.82, 2.24) is 16.0 Å². The molecule has 2 rings (SSSR count). The maximum Gasteiger partial charge on any atom is 0.313 e. The SMILES string of the molecule is CC(=O)CC(=O)OCC(C)(C)[C@@H](O)C(=O)NCCC(=O)NCCSCC(=O)NC[C@H]1O[C@H](O[C@H]2[C@H](O)[C@@H](O)[C@H](N)C[C@@H]2N)[C@H](N)[C@@H](O)[C@@H]1O. The molecule has 0 aromatic carbocycles. The number of Topliss-reactive ketones (excluding diaryl/α,β-unsaturated/α-hetero) is 1. The fourth-order valence-electron chi connectivity index (χ4n) is 5.00. The molecule has 0 spiro atoms. The number of aliphatic hydroxyl groups is 5. The fourth-order valence-corrected chi connectivity index (χ4v) is 5.68. The summed E-state index contributed by atoms with van der Waals surface area (Å²) in [5.41, 5.74) is 16.6. The molecule has 2 fully saturated rings. The van der Waals surface area contributed by atoms with Gasteiger partial charge in [0.1, 0.15) is 48.8 Å². The van der Waals surface area contributed by atoms with Crippen LogP contribution in [0.3, 0.4) is 0 Å². The van der Waals surface area contributed by atoms with Crippen LogP contribution in [-0.2, 0) is 38.2 Å². The smallest absolute Gasteiger partial charge is 0.313 e. The quantitative estimate of drug-likeness (QED) is 0.0356. The molecule has 0 unspecified atom stereocenters. The molecule has 49 heavy (non-hydrogen) atoms. The van der Waals surface area contributed by atoms with Gasteiger partial charge in [-0.3, -0.25) is 24.0 Å². The first-order valence-electron chi connectivity index (χ1n) is 15.9. The van der Waals surface area contributed by atoms with E-state index in [1.165, 1.54) is 32.5 Å². The van der Waals surface area contributed by atoms with Crippen molar-refractivity contribution >= 4 is 41.2 Å². The molecular formula is C29H52N6O13S. The van der Waals surface area contributed by atoms with E-state index < -0.39 is 96.8 Å². The summed E-state index contributed by atoms with van der Waals surface area (Å²) in [6.07, 6.45) is -11.2. The lowest BCUT2D eigenvalue weighted by Gasteiger charge is -2.45. The summed E-state index contributed by atoms with van der Waals surface area (Å²) >= 11 is 1.20. The molecule has 11 atom stereocenters. The molecule has 1 aliphatic heterocycles. The van der Waals surface area contributed by atoms with Gasteiger partial charge in [-0.25, -0.2) is 0 Å². The standard InChI is InChI=1S/C29H52N6O13S/c1-13(36)8-19(39)46-12-29(2,3)26(44)27(45)34-5-4-17(37)33-6-7-49-11-18(38)35-10-16-22(41)23(42)20(32)28(47-16)48-25-15(31)9-14(30)21(40)24(25)43/h14-16,20-26,28,40-44H,4-12,30-32H2,1-3H3,(H,33,37)(H,34,45)(H,35,38)/t14-,15+,16-,20-,21+,22-,23-,24-,25-,26+,28-/m1/s1. The van der Waals surface area contributed by atoms with Crippen molar-refractivity contribution in [3.63, 3.8) is 0 Å². The molecule has 2 aliphatic rings. The Morgan fingerprint density at radius 3 is 2.24 bits per heavy atom. The van der Waals surface area contributed by atoms with Crippen LogP contribution in [0.1, 0.15) is 40.0 Å². The number of nitrogens with one attached hydrogen (secondary N) is 3. The highest BCUT2D eigenvalue weighted by Crippen LogP contribution is 2.27. The second-order valence-electron chi connectivity index (χ2n) is 12.9. The number of hydrogen-bond donors (Lipinski definition) is 11. The lowest BCUT2D eigenvalue weighted by atomic mass is 9.84. The molecule has 0 aromatic rings. The molecule has 19 nitrogen and oxygen atoms in total.